The molecule has 0 fully saturated rings. The van der Waals surface area contributed by atoms with Crippen LogP contribution in [0.2, 0.25) is 0 Å². The van der Waals surface area contributed by atoms with Crippen LogP contribution in [0.5, 0.6) is 0 Å². The van der Waals surface area contributed by atoms with Crippen LogP contribution in [-0.4, -0.2) is 44.9 Å². The second-order valence-electron chi connectivity index (χ2n) is 4.27. The number of carbonyl (C=O) groups excluding carboxylic acids is 1. The van der Waals surface area contributed by atoms with Crippen molar-refractivity contribution < 1.29 is 9.90 Å². The van der Waals surface area contributed by atoms with E-state index in [2.05, 4.69) is 5.10 Å². The van der Waals surface area contributed by atoms with Gasteiger partial charge in [0.1, 0.15) is 6.04 Å². The van der Waals surface area contributed by atoms with Crippen molar-refractivity contribution in [1.29, 1.82) is 0 Å². The molecule has 1 rings (SSSR count). The highest BCUT2D eigenvalue weighted by Crippen LogP contribution is 2.13. The van der Waals surface area contributed by atoms with Gasteiger partial charge in [-0.25, -0.2) is 0 Å². The smallest absolute Gasteiger partial charge is 0.244 e. The van der Waals surface area contributed by atoms with E-state index in [0.717, 1.165) is 0 Å². The number of aliphatic hydroxyl groups excluding tert-OH is 1. The van der Waals surface area contributed by atoms with Gasteiger partial charge >= 0.3 is 0 Å². The largest absolute Gasteiger partial charge is 0.395 e. The van der Waals surface area contributed by atoms with Crippen LogP contribution < -0.4 is 5.73 Å². The van der Waals surface area contributed by atoms with E-state index in [9.17, 15) is 4.79 Å². The molecule has 17 heavy (non-hydrogen) atoms. The fourth-order valence-electron chi connectivity index (χ4n) is 1.65. The number of rotatable bonds is 5. The predicted octanol–water partition coefficient (Wildman–Crippen LogP) is -0.351. The van der Waals surface area contributed by atoms with Crippen molar-refractivity contribution in [3.8, 4) is 0 Å². The van der Waals surface area contributed by atoms with Crippen molar-refractivity contribution in [3.63, 3.8) is 0 Å². The predicted molar refractivity (Wildman–Crippen MR) is 64.1 cm³/mol. The van der Waals surface area contributed by atoms with E-state index in [1.807, 2.05) is 13.8 Å². The molecule has 1 aromatic heterocycles. The molecule has 0 saturated heterocycles. The summed E-state index contributed by atoms with van der Waals surface area (Å²) < 4.78 is 1.61. The van der Waals surface area contributed by atoms with E-state index in [0.29, 0.717) is 12.1 Å². The maximum absolute atomic E-state index is 12.1. The molecule has 3 N–H and O–H groups in total. The van der Waals surface area contributed by atoms with Crippen LogP contribution in [-0.2, 0) is 11.8 Å². The molecule has 0 bridgehead atoms. The van der Waals surface area contributed by atoms with Gasteiger partial charge in [0.05, 0.1) is 12.8 Å². The quantitative estimate of drug-likeness (QED) is 0.736. The Bertz CT molecular complexity index is 375. The molecule has 1 aromatic rings. The maximum atomic E-state index is 12.1. The Kier molecular flexibility index (Phi) is 4.65. The van der Waals surface area contributed by atoms with Crippen molar-refractivity contribution >= 4 is 5.91 Å². The minimum atomic E-state index is -0.724. The zero-order valence-corrected chi connectivity index (χ0v) is 10.5. The van der Waals surface area contributed by atoms with E-state index in [4.69, 9.17) is 10.8 Å². The van der Waals surface area contributed by atoms with Gasteiger partial charge in [0.2, 0.25) is 5.91 Å². The second kappa shape index (κ2) is 5.79. The van der Waals surface area contributed by atoms with Crippen LogP contribution in [0.4, 0.5) is 0 Å². The summed E-state index contributed by atoms with van der Waals surface area (Å²) in [5, 5.41) is 12.9. The summed E-state index contributed by atoms with van der Waals surface area (Å²) in [5.74, 6) is -0.193. The first kappa shape index (κ1) is 13.7. The molecule has 0 aliphatic heterocycles. The van der Waals surface area contributed by atoms with E-state index in [1.165, 1.54) is 0 Å². The molecule has 96 valence electrons. The van der Waals surface area contributed by atoms with Gasteiger partial charge in [-0.1, -0.05) is 0 Å². The molecule has 6 heteroatoms. The summed E-state index contributed by atoms with van der Waals surface area (Å²) in [4.78, 5) is 13.7. The lowest BCUT2D eigenvalue weighted by Gasteiger charge is -2.28. The molecule has 0 aromatic carbocycles. The summed E-state index contributed by atoms with van der Waals surface area (Å²) in [5.41, 5.74) is 6.58. The van der Waals surface area contributed by atoms with Crippen molar-refractivity contribution in [2.24, 2.45) is 12.8 Å². The normalized spacial score (nSPS) is 12.8. The zero-order chi connectivity index (χ0) is 13.0. The number of hydrogen-bond acceptors (Lipinski definition) is 4. The number of nitrogens with zero attached hydrogens (tertiary/aromatic N) is 3. The molecule has 0 spiro atoms. The van der Waals surface area contributed by atoms with Gasteiger partial charge < -0.3 is 15.7 Å². The molecule has 1 unspecified atom stereocenters. The Labute approximate surface area is 101 Å². The van der Waals surface area contributed by atoms with Gasteiger partial charge in [0, 0.05) is 31.4 Å². The summed E-state index contributed by atoms with van der Waals surface area (Å²) in [6.07, 6.45) is 3.31. The lowest BCUT2D eigenvalue weighted by atomic mass is 10.1. The van der Waals surface area contributed by atoms with Crippen molar-refractivity contribution in [2.75, 3.05) is 13.2 Å². The number of carbonyl (C=O) groups is 1. The molecule has 1 amide bonds. The third-order valence-corrected chi connectivity index (χ3v) is 2.60. The standard InChI is InChI=1S/C11H20N4O2/c1-8(2)15(4-5-16)11(17)10(12)9-6-13-14(3)7-9/h6-8,10,16H,4-5,12H2,1-3H3. The molecular weight excluding hydrogens is 220 g/mol. The summed E-state index contributed by atoms with van der Waals surface area (Å²) >= 11 is 0. The van der Waals surface area contributed by atoms with Crippen molar-refractivity contribution in [2.45, 2.75) is 25.9 Å². The maximum Gasteiger partial charge on any atom is 0.244 e. The lowest BCUT2D eigenvalue weighted by Crippen LogP contribution is -2.44. The number of hydrogen-bond donors (Lipinski definition) is 2. The summed E-state index contributed by atoms with van der Waals surface area (Å²) in [7, 11) is 1.77. The third kappa shape index (κ3) is 3.28. The van der Waals surface area contributed by atoms with Crippen molar-refractivity contribution in [1.82, 2.24) is 14.7 Å². The van der Waals surface area contributed by atoms with Gasteiger partial charge in [-0.05, 0) is 13.8 Å². The number of aryl methyl sites for hydroxylation is 1. The highest BCUT2D eigenvalue weighted by Gasteiger charge is 2.24. The van der Waals surface area contributed by atoms with E-state index >= 15 is 0 Å². The van der Waals surface area contributed by atoms with Gasteiger partial charge in [-0.3, -0.25) is 9.48 Å². The molecule has 0 aliphatic rings. The first-order valence-electron chi connectivity index (χ1n) is 5.62. The van der Waals surface area contributed by atoms with Gasteiger partial charge in [0.15, 0.2) is 0 Å². The summed E-state index contributed by atoms with van der Waals surface area (Å²) in [6.45, 7) is 4.02. The fourth-order valence-corrected chi connectivity index (χ4v) is 1.65. The van der Waals surface area contributed by atoms with Crippen LogP contribution in [0, 0.1) is 0 Å². The van der Waals surface area contributed by atoms with E-state index < -0.39 is 6.04 Å². The lowest BCUT2D eigenvalue weighted by molar-refractivity contribution is -0.135. The number of aromatic nitrogens is 2. The van der Waals surface area contributed by atoms with Crippen LogP contribution in [0.25, 0.3) is 0 Å². The first-order valence-corrected chi connectivity index (χ1v) is 5.62. The minimum absolute atomic E-state index is 0.0115. The number of aliphatic hydroxyl groups is 1. The Morgan fingerprint density at radius 2 is 2.29 bits per heavy atom. The van der Waals surface area contributed by atoms with Crippen LogP contribution in [0.1, 0.15) is 25.5 Å². The molecular formula is C11H20N4O2. The topological polar surface area (TPSA) is 84.4 Å². The Morgan fingerprint density at radius 3 is 2.71 bits per heavy atom. The first-order chi connectivity index (χ1) is 7.97. The van der Waals surface area contributed by atoms with Crippen molar-refractivity contribution in [3.05, 3.63) is 18.0 Å². The van der Waals surface area contributed by atoms with Crippen LogP contribution >= 0.6 is 0 Å². The Hall–Kier alpha value is -1.40. The fraction of sp³-hybridized carbons (Fsp3) is 0.636. The van der Waals surface area contributed by atoms with Gasteiger partial charge in [-0.15, -0.1) is 0 Å². The number of nitrogens with two attached hydrogens (primary N) is 1. The van der Waals surface area contributed by atoms with Gasteiger partial charge in [-0.2, -0.15) is 5.10 Å². The molecule has 1 heterocycles. The molecule has 6 nitrogen and oxygen atoms in total. The third-order valence-electron chi connectivity index (χ3n) is 2.60. The Morgan fingerprint density at radius 1 is 1.65 bits per heavy atom. The van der Waals surface area contributed by atoms with Crippen LogP contribution in [0.3, 0.4) is 0 Å². The molecule has 0 radical (unpaired) electrons. The summed E-state index contributed by atoms with van der Waals surface area (Å²) in [6, 6.07) is -0.713. The van der Waals surface area contributed by atoms with Gasteiger partial charge in [0.25, 0.3) is 0 Å². The van der Waals surface area contributed by atoms with Crippen LogP contribution in [0.15, 0.2) is 12.4 Å². The highest BCUT2D eigenvalue weighted by atomic mass is 16.3. The Balaban J connectivity index is 2.80. The molecule has 1 atom stereocenters. The molecule has 0 saturated carbocycles. The average molecular weight is 240 g/mol. The minimum Gasteiger partial charge on any atom is -0.395 e. The number of amides is 1. The van der Waals surface area contributed by atoms with E-state index in [-0.39, 0.29) is 18.6 Å². The second-order valence-corrected chi connectivity index (χ2v) is 4.27. The highest BCUT2D eigenvalue weighted by molar-refractivity contribution is 5.83. The SMILES string of the molecule is CC(C)N(CCO)C(=O)C(N)c1cnn(C)c1. The average Bonchev–Trinajstić information content (AvgIpc) is 2.70. The monoisotopic (exact) mass is 240 g/mol. The molecule has 0 aliphatic carbocycles. The van der Waals surface area contributed by atoms with E-state index in [1.54, 1.807) is 29.0 Å². The zero-order valence-electron chi connectivity index (χ0n) is 10.5.